The van der Waals surface area contributed by atoms with Crippen LogP contribution in [0.25, 0.3) is 66.4 Å². The highest BCUT2D eigenvalue weighted by molar-refractivity contribution is 6.10. The molecule has 0 heterocycles. The Balaban J connectivity index is 1.02. The van der Waals surface area contributed by atoms with Crippen molar-refractivity contribution in [2.75, 3.05) is 0 Å². The van der Waals surface area contributed by atoms with Gasteiger partial charge in [0.25, 0.3) is 0 Å². The number of rotatable bonds is 3. The molecule has 0 saturated carbocycles. The monoisotopic (exact) mass is 798 g/mol. The molecule has 0 fully saturated rings. The Kier molecular flexibility index (Phi) is 6.86. The molecule has 10 aromatic carbocycles. The predicted molar refractivity (Wildman–Crippen MR) is 261 cm³/mol. The standard InChI is InChI=1S/C63H42/c1-61(2)56-31-17-26-48-42(39-32-33-47-45-24-11-16-30-55(45)63(58(47)36-39)53-28-14-9-22-43(53)44-23-10-15-29-54(44)63)34-35-49(60(48)56)51-38-59-50(37-57(51)61)46-25-12-13-27-52(46)62(59,40-18-5-3-6-19-40)41-20-7-4-8-21-41/h3-38H,1-2H3. The lowest BCUT2D eigenvalue weighted by Gasteiger charge is -2.38. The maximum atomic E-state index is 2.59. The van der Waals surface area contributed by atoms with E-state index in [1.807, 2.05) is 0 Å². The van der Waals surface area contributed by atoms with Crippen molar-refractivity contribution in [3.8, 4) is 55.6 Å². The SMILES string of the molecule is CC1(C)c2cc3c(cc2-c2ccc(-c4ccc5c(c4)C4(c6ccccc6-c6ccccc64)c4ccccc4-5)c4cccc1c24)C(c1ccccc1)(c1ccccc1)c1ccccc1-3. The smallest absolute Gasteiger partial charge is 0.0622 e. The quantitative estimate of drug-likeness (QED) is 0.167. The zero-order chi connectivity index (χ0) is 41.7. The summed E-state index contributed by atoms with van der Waals surface area (Å²) in [6, 6.07) is 83.2. The van der Waals surface area contributed by atoms with E-state index in [0.717, 1.165) is 0 Å². The van der Waals surface area contributed by atoms with Crippen LogP contribution in [0.2, 0.25) is 0 Å². The van der Waals surface area contributed by atoms with Gasteiger partial charge in [-0.3, -0.25) is 0 Å². The van der Waals surface area contributed by atoms with E-state index in [-0.39, 0.29) is 10.8 Å². The summed E-state index contributed by atoms with van der Waals surface area (Å²) >= 11 is 0. The fourth-order valence-electron chi connectivity index (χ4n) is 13.0. The van der Waals surface area contributed by atoms with Crippen LogP contribution in [0, 0.1) is 0 Å². The first-order chi connectivity index (χ1) is 31.0. The zero-order valence-electron chi connectivity index (χ0n) is 35.3. The average Bonchev–Trinajstić information content (AvgIpc) is 3.93. The molecule has 63 heavy (non-hydrogen) atoms. The summed E-state index contributed by atoms with van der Waals surface area (Å²) in [5.74, 6) is 0. The van der Waals surface area contributed by atoms with Gasteiger partial charge in [0.2, 0.25) is 0 Å². The second-order valence-electron chi connectivity index (χ2n) is 18.6. The van der Waals surface area contributed by atoms with Gasteiger partial charge in [0.05, 0.1) is 10.8 Å². The maximum absolute atomic E-state index is 2.59. The minimum Gasteiger partial charge on any atom is -0.0622 e. The second kappa shape index (κ2) is 12.3. The van der Waals surface area contributed by atoms with Crippen molar-refractivity contribution in [2.45, 2.75) is 30.1 Å². The van der Waals surface area contributed by atoms with Gasteiger partial charge in [-0.1, -0.05) is 214 Å². The second-order valence-corrected chi connectivity index (χ2v) is 18.6. The average molecular weight is 799 g/mol. The van der Waals surface area contributed by atoms with Crippen LogP contribution >= 0.6 is 0 Å². The third kappa shape index (κ3) is 4.22. The Bertz CT molecular complexity index is 3480. The topological polar surface area (TPSA) is 0 Å². The molecule has 4 aliphatic carbocycles. The van der Waals surface area contributed by atoms with Gasteiger partial charge in [0, 0.05) is 5.41 Å². The summed E-state index contributed by atoms with van der Waals surface area (Å²) < 4.78 is 0. The third-order valence-corrected chi connectivity index (χ3v) is 15.6. The van der Waals surface area contributed by atoms with Crippen LogP contribution in [0.4, 0.5) is 0 Å². The van der Waals surface area contributed by atoms with E-state index in [4.69, 9.17) is 0 Å². The van der Waals surface area contributed by atoms with Gasteiger partial charge in [0.1, 0.15) is 0 Å². The lowest BCUT2D eigenvalue weighted by molar-refractivity contribution is 0.644. The Morgan fingerprint density at radius 1 is 0.254 bits per heavy atom. The Hall–Kier alpha value is -7.54. The van der Waals surface area contributed by atoms with Crippen LogP contribution in [0.15, 0.2) is 218 Å². The van der Waals surface area contributed by atoms with Crippen molar-refractivity contribution in [3.05, 3.63) is 274 Å². The fraction of sp³-hybridized carbons (Fsp3) is 0.0794. The minimum absolute atomic E-state index is 0.240. The van der Waals surface area contributed by atoms with Crippen LogP contribution in [-0.2, 0) is 16.2 Å². The molecule has 0 N–H and O–H groups in total. The first-order valence-corrected chi connectivity index (χ1v) is 22.4. The molecule has 0 atom stereocenters. The summed E-state index contributed by atoms with van der Waals surface area (Å²) in [6.07, 6.45) is 0. The van der Waals surface area contributed by atoms with Crippen molar-refractivity contribution in [2.24, 2.45) is 0 Å². The zero-order valence-corrected chi connectivity index (χ0v) is 35.3. The summed E-state index contributed by atoms with van der Waals surface area (Å²) in [4.78, 5) is 0. The number of fused-ring (bicyclic) bond motifs is 15. The lowest BCUT2D eigenvalue weighted by atomic mass is 9.64. The molecule has 0 unspecified atom stereocenters. The molecule has 0 bridgehead atoms. The van der Waals surface area contributed by atoms with Gasteiger partial charge in [0.15, 0.2) is 0 Å². The highest BCUT2D eigenvalue weighted by Gasteiger charge is 2.52. The van der Waals surface area contributed by atoms with Gasteiger partial charge < -0.3 is 0 Å². The Morgan fingerprint density at radius 2 is 0.667 bits per heavy atom. The van der Waals surface area contributed by atoms with Crippen molar-refractivity contribution >= 4 is 10.8 Å². The molecule has 14 rings (SSSR count). The van der Waals surface area contributed by atoms with Gasteiger partial charge >= 0.3 is 0 Å². The lowest BCUT2D eigenvalue weighted by Crippen LogP contribution is -2.29. The summed E-state index contributed by atoms with van der Waals surface area (Å²) in [7, 11) is 0. The molecular formula is C63H42. The van der Waals surface area contributed by atoms with Crippen LogP contribution in [0.1, 0.15) is 69.5 Å². The molecule has 1 spiro atoms. The van der Waals surface area contributed by atoms with E-state index in [2.05, 4.69) is 232 Å². The summed E-state index contributed by atoms with van der Waals surface area (Å²) in [5.41, 5.74) is 25.6. The molecule has 0 amide bonds. The number of hydrogen-bond acceptors (Lipinski definition) is 0. The highest BCUT2D eigenvalue weighted by atomic mass is 14.5. The first kappa shape index (κ1) is 35.1. The van der Waals surface area contributed by atoms with E-state index >= 15 is 0 Å². The molecule has 0 aliphatic heterocycles. The fourth-order valence-corrected chi connectivity index (χ4v) is 13.0. The highest BCUT2D eigenvalue weighted by Crippen LogP contribution is 2.64. The normalized spacial score (nSPS) is 15.5. The van der Waals surface area contributed by atoms with E-state index in [9.17, 15) is 0 Å². The van der Waals surface area contributed by atoms with Crippen LogP contribution < -0.4 is 0 Å². The molecule has 0 radical (unpaired) electrons. The van der Waals surface area contributed by atoms with Crippen LogP contribution in [0.5, 0.6) is 0 Å². The molecule has 0 saturated heterocycles. The van der Waals surface area contributed by atoms with Crippen molar-refractivity contribution in [1.29, 1.82) is 0 Å². The van der Waals surface area contributed by atoms with Crippen molar-refractivity contribution in [3.63, 3.8) is 0 Å². The largest absolute Gasteiger partial charge is 0.0725 e. The predicted octanol–water partition coefficient (Wildman–Crippen LogP) is 15.5. The number of benzene rings is 10. The molecular weight excluding hydrogens is 757 g/mol. The van der Waals surface area contributed by atoms with Crippen molar-refractivity contribution in [1.82, 2.24) is 0 Å². The number of hydrogen-bond donors (Lipinski definition) is 0. The van der Waals surface area contributed by atoms with Gasteiger partial charge in [-0.25, -0.2) is 0 Å². The molecule has 0 nitrogen and oxygen atoms in total. The van der Waals surface area contributed by atoms with E-state index in [1.165, 1.54) is 122 Å². The van der Waals surface area contributed by atoms with Gasteiger partial charge in [-0.2, -0.15) is 0 Å². The van der Waals surface area contributed by atoms with Gasteiger partial charge in [-0.15, -0.1) is 0 Å². The molecule has 0 heteroatoms. The molecule has 10 aromatic rings. The molecule has 294 valence electrons. The van der Waals surface area contributed by atoms with E-state index in [1.54, 1.807) is 0 Å². The summed E-state index contributed by atoms with van der Waals surface area (Å²) in [6.45, 7) is 4.88. The minimum atomic E-state index is -0.459. The van der Waals surface area contributed by atoms with E-state index < -0.39 is 5.41 Å². The first-order valence-electron chi connectivity index (χ1n) is 22.4. The Labute approximate surface area is 368 Å². The summed E-state index contributed by atoms with van der Waals surface area (Å²) in [5, 5.41) is 2.67. The van der Waals surface area contributed by atoms with Crippen molar-refractivity contribution < 1.29 is 0 Å². The van der Waals surface area contributed by atoms with Gasteiger partial charge in [-0.05, 0) is 140 Å². The molecule has 0 aromatic heterocycles. The van der Waals surface area contributed by atoms with E-state index in [0.29, 0.717) is 0 Å². The Morgan fingerprint density at radius 3 is 1.25 bits per heavy atom. The maximum Gasteiger partial charge on any atom is 0.0725 e. The third-order valence-electron chi connectivity index (χ3n) is 15.6. The van der Waals surface area contributed by atoms with Crippen LogP contribution in [0.3, 0.4) is 0 Å². The molecule has 4 aliphatic rings. The van der Waals surface area contributed by atoms with Crippen LogP contribution in [-0.4, -0.2) is 0 Å².